The van der Waals surface area contributed by atoms with Crippen LogP contribution in [-0.4, -0.2) is 14.1 Å². The molecule has 0 saturated heterocycles. The van der Waals surface area contributed by atoms with Crippen molar-refractivity contribution in [2.75, 3.05) is 19.0 Å². The van der Waals surface area contributed by atoms with E-state index in [-0.39, 0.29) is 0 Å². The maximum atomic E-state index is 9.31. The third-order valence-corrected chi connectivity index (χ3v) is 3.16. The van der Waals surface area contributed by atoms with Crippen LogP contribution in [0.1, 0.15) is 22.6 Å². The fourth-order valence-corrected chi connectivity index (χ4v) is 2.21. The van der Waals surface area contributed by atoms with Crippen LogP contribution in [0.4, 0.5) is 5.69 Å². The van der Waals surface area contributed by atoms with Gasteiger partial charge in [-0.05, 0) is 43.8 Å². The van der Waals surface area contributed by atoms with E-state index in [1.165, 1.54) is 0 Å². The SMILES string of the molecule is CNCc1ccc(N(C)Cc2ccc(C)o2)c(C#N)c1. The summed E-state index contributed by atoms with van der Waals surface area (Å²) >= 11 is 0. The van der Waals surface area contributed by atoms with Crippen molar-refractivity contribution >= 4 is 5.69 Å². The smallest absolute Gasteiger partial charge is 0.123 e. The second-order valence-electron chi connectivity index (χ2n) is 4.86. The van der Waals surface area contributed by atoms with Crippen LogP contribution in [0.25, 0.3) is 0 Å². The lowest BCUT2D eigenvalue weighted by Crippen LogP contribution is -2.17. The normalized spacial score (nSPS) is 10.3. The lowest BCUT2D eigenvalue weighted by atomic mass is 10.1. The molecule has 20 heavy (non-hydrogen) atoms. The molecule has 104 valence electrons. The number of hydrogen-bond acceptors (Lipinski definition) is 4. The standard InChI is InChI=1S/C16H19N3O/c1-12-4-6-15(20-12)11-19(3)16-7-5-13(10-18-2)8-14(16)9-17/h4-8,18H,10-11H2,1-3H3. The molecule has 0 aliphatic rings. The average Bonchev–Trinajstić information content (AvgIpc) is 2.84. The summed E-state index contributed by atoms with van der Waals surface area (Å²) in [5, 5.41) is 12.4. The number of anilines is 1. The molecule has 0 unspecified atom stereocenters. The summed E-state index contributed by atoms with van der Waals surface area (Å²) in [7, 11) is 3.86. The van der Waals surface area contributed by atoms with Gasteiger partial charge in [-0.25, -0.2) is 0 Å². The first-order valence-corrected chi connectivity index (χ1v) is 6.58. The van der Waals surface area contributed by atoms with Crippen LogP contribution in [0.15, 0.2) is 34.7 Å². The van der Waals surface area contributed by atoms with Crippen molar-refractivity contribution in [2.24, 2.45) is 0 Å². The number of nitrogens with one attached hydrogen (secondary N) is 1. The number of nitriles is 1. The first-order chi connectivity index (χ1) is 9.63. The van der Waals surface area contributed by atoms with Crippen molar-refractivity contribution < 1.29 is 4.42 Å². The third-order valence-electron chi connectivity index (χ3n) is 3.16. The monoisotopic (exact) mass is 269 g/mol. The van der Waals surface area contributed by atoms with E-state index in [1.54, 1.807) is 0 Å². The summed E-state index contributed by atoms with van der Waals surface area (Å²) in [6, 6.07) is 12.1. The quantitative estimate of drug-likeness (QED) is 0.907. The number of rotatable bonds is 5. The lowest BCUT2D eigenvalue weighted by molar-refractivity contribution is 0.482. The van der Waals surface area contributed by atoms with Gasteiger partial charge in [-0.1, -0.05) is 6.07 Å². The largest absolute Gasteiger partial charge is 0.464 e. The first kappa shape index (κ1) is 14.2. The van der Waals surface area contributed by atoms with Crippen molar-refractivity contribution in [3.63, 3.8) is 0 Å². The molecule has 0 aliphatic heterocycles. The summed E-state index contributed by atoms with van der Waals surface area (Å²) < 4.78 is 5.58. The van der Waals surface area contributed by atoms with Gasteiger partial charge in [0.15, 0.2) is 0 Å². The van der Waals surface area contributed by atoms with Gasteiger partial charge in [0.05, 0.1) is 17.8 Å². The highest BCUT2D eigenvalue weighted by molar-refractivity contribution is 5.60. The van der Waals surface area contributed by atoms with E-state index in [2.05, 4.69) is 11.4 Å². The van der Waals surface area contributed by atoms with Crippen LogP contribution in [0.3, 0.4) is 0 Å². The molecule has 0 atom stereocenters. The molecule has 0 radical (unpaired) electrons. The van der Waals surface area contributed by atoms with Crippen LogP contribution >= 0.6 is 0 Å². The molecule has 1 aromatic heterocycles. The Morgan fingerprint density at radius 2 is 2.10 bits per heavy atom. The zero-order valence-electron chi connectivity index (χ0n) is 12.1. The molecule has 4 heteroatoms. The van der Waals surface area contributed by atoms with E-state index in [9.17, 15) is 5.26 Å². The van der Waals surface area contributed by atoms with E-state index >= 15 is 0 Å². The molecule has 4 nitrogen and oxygen atoms in total. The topological polar surface area (TPSA) is 52.2 Å². The van der Waals surface area contributed by atoms with Gasteiger partial charge in [0, 0.05) is 13.6 Å². The zero-order chi connectivity index (χ0) is 14.5. The molecule has 2 rings (SSSR count). The molecule has 0 saturated carbocycles. The van der Waals surface area contributed by atoms with Crippen LogP contribution < -0.4 is 10.2 Å². The van der Waals surface area contributed by atoms with Gasteiger partial charge in [-0.3, -0.25) is 0 Å². The minimum Gasteiger partial charge on any atom is -0.464 e. The lowest BCUT2D eigenvalue weighted by Gasteiger charge is -2.19. The summed E-state index contributed by atoms with van der Waals surface area (Å²) in [6.07, 6.45) is 0. The van der Waals surface area contributed by atoms with Crippen LogP contribution in [0.5, 0.6) is 0 Å². The fraction of sp³-hybridized carbons (Fsp3) is 0.312. The number of benzene rings is 1. The van der Waals surface area contributed by atoms with Crippen LogP contribution in [0, 0.1) is 18.3 Å². The Labute approximate surface area is 119 Å². The molecule has 0 amide bonds. The van der Waals surface area contributed by atoms with Crippen molar-refractivity contribution in [1.29, 1.82) is 5.26 Å². The molecule has 0 fully saturated rings. The van der Waals surface area contributed by atoms with Crippen LogP contribution in [0.2, 0.25) is 0 Å². The Hall–Kier alpha value is -2.25. The second kappa shape index (κ2) is 6.27. The molecule has 0 aliphatic carbocycles. The molecule has 1 aromatic carbocycles. The van der Waals surface area contributed by atoms with E-state index < -0.39 is 0 Å². The average molecular weight is 269 g/mol. The fourth-order valence-electron chi connectivity index (χ4n) is 2.21. The molecule has 0 spiro atoms. The van der Waals surface area contributed by atoms with E-state index in [4.69, 9.17) is 4.42 Å². The van der Waals surface area contributed by atoms with Crippen LogP contribution in [-0.2, 0) is 13.1 Å². The van der Waals surface area contributed by atoms with Gasteiger partial charge in [0.2, 0.25) is 0 Å². The summed E-state index contributed by atoms with van der Waals surface area (Å²) in [6.45, 7) is 3.33. The van der Waals surface area contributed by atoms with Crippen molar-refractivity contribution in [3.8, 4) is 6.07 Å². The molecule has 1 N–H and O–H groups in total. The van der Waals surface area contributed by atoms with Gasteiger partial charge in [-0.2, -0.15) is 5.26 Å². The van der Waals surface area contributed by atoms with E-state index in [0.717, 1.165) is 29.3 Å². The highest BCUT2D eigenvalue weighted by Gasteiger charge is 2.10. The number of aryl methyl sites for hydroxylation is 1. The van der Waals surface area contributed by atoms with Crippen molar-refractivity contribution in [3.05, 3.63) is 53.0 Å². The molecular weight excluding hydrogens is 250 g/mol. The number of hydrogen-bond donors (Lipinski definition) is 1. The van der Waals surface area contributed by atoms with Gasteiger partial charge >= 0.3 is 0 Å². The maximum Gasteiger partial charge on any atom is 0.123 e. The Kier molecular flexibility index (Phi) is 4.44. The Morgan fingerprint density at radius 3 is 2.70 bits per heavy atom. The van der Waals surface area contributed by atoms with E-state index in [1.807, 2.05) is 56.3 Å². The second-order valence-corrected chi connectivity index (χ2v) is 4.86. The highest BCUT2D eigenvalue weighted by atomic mass is 16.3. The minimum atomic E-state index is 0.647. The number of nitrogens with zero attached hydrogens (tertiary/aromatic N) is 2. The Balaban J connectivity index is 2.21. The Morgan fingerprint density at radius 1 is 1.30 bits per heavy atom. The van der Waals surface area contributed by atoms with E-state index in [0.29, 0.717) is 12.1 Å². The molecule has 0 bridgehead atoms. The predicted molar refractivity (Wildman–Crippen MR) is 79.5 cm³/mol. The van der Waals surface area contributed by atoms with Gasteiger partial charge in [0.1, 0.15) is 17.6 Å². The third kappa shape index (κ3) is 3.19. The van der Waals surface area contributed by atoms with Gasteiger partial charge in [-0.15, -0.1) is 0 Å². The predicted octanol–water partition coefficient (Wildman–Crippen LogP) is 2.82. The molecule has 1 heterocycles. The molecular formula is C16H19N3O. The highest BCUT2D eigenvalue weighted by Crippen LogP contribution is 2.22. The Bertz CT molecular complexity index is 625. The summed E-state index contributed by atoms with van der Waals surface area (Å²) in [4.78, 5) is 2.03. The number of furan rings is 1. The van der Waals surface area contributed by atoms with Gasteiger partial charge < -0.3 is 14.6 Å². The van der Waals surface area contributed by atoms with Crippen molar-refractivity contribution in [1.82, 2.24) is 5.32 Å². The summed E-state index contributed by atoms with van der Waals surface area (Å²) in [5.41, 5.74) is 2.71. The first-order valence-electron chi connectivity index (χ1n) is 6.58. The maximum absolute atomic E-state index is 9.31. The van der Waals surface area contributed by atoms with Gasteiger partial charge in [0.25, 0.3) is 0 Å². The van der Waals surface area contributed by atoms with Crippen molar-refractivity contribution in [2.45, 2.75) is 20.0 Å². The zero-order valence-corrected chi connectivity index (χ0v) is 12.1. The molecule has 2 aromatic rings. The summed E-state index contributed by atoms with van der Waals surface area (Å²) in [5.74, 6) is 1.80. The minimum absolute atomic E-state index is 0.647.